The Bertz CT molecular complexity index is 625. The second-order valence-electron chi connectivity index (χ2n) is 4.11. The zero-order valence-corrected chi connectivity index (χ0v) is 11.2. The van der Waals surface area contributed by atoms with Crippen molar-refractivity contribution in [2.75, 3.05) is 5.73 Å². The van der Waals surface area contributed by atoms with E-state index in [4.69, 9.17) is 11.5 Å². The number of rotatable bonds is 3. The zero-order chi connectivity index (χ0) is 13.4. The number of carbonyl (C=O) groups is 1. The van der Waals surface area contributed by atoms with Crippen molar-refractivity contribution in [1.82, 2.24) is 9.55 Å². The smallest absolute Gasteiger partial charge is 0.219 e. The molecule has 1 aromatic heterocycles. The molecule has 1 aromatic carbocycles. The Balaban J connectivity index is 2.59. The van der Waals surface area contributed by atoms with E-state index in [0.717, 1.165) is 0 Å². The number of hydrogen-bond donors (Lipinski definition) is 2. The van der Waals surface area contributed by atoms with Crippen LogP contribution in [0.15, 0.2) is 16.6 Å². The average molecular weight is 315 g/mol. The van der Waals surface area contributed by atoms with E-state index in [1.807, 2.05) is 0 Å². The highest BCUT2D eigenvalue weighted by Gasteiger charge is 2.17. The van der Waals surface area contributed by atoms with Crippen LogP contribution in [0.25, 0.3) is 11.0 Å². The maximum atomic E-state index is 13.4. The molecule has 4 N–H and O–H groups in total. The van der Waals surface area contributed by atoms with Gasteiger partial charge in [0.25, 0.3) is 0 Å². The number of aromatic nitrogens is 2. The van der Waals surface area contributed by atoms with Crippen molar-refractivity contribution >= 4 is 38.8 Å². The monoisotopic (exact) mass is 314 g/mol. The van der Waals surface area contributed by atoms with Crippen molar-refractivity contribution in [1.29, 1.82) is 0 Å². The van der Waals surface area contributed by atoms with E-state index in [1.54, 1.807) is 17.6 Å². The highest BCUT2D eigenvalue weighted by molar-refractivity contribution is 9.10. The van der Waals surface area contributed by atoms with E-state index in [9.17, 15) is 9.18 Å². The standard InChI is InChI=1S/C11H12BrFN4O/c1-5(2-10(14)18)17-9-3-6(12)7(13)4-8(9)16-11(17)15/h3-5H,2H2,1H3,(H2,14,18)(H2,15,16). The number of hydrogen-bond acceptors (Lipinski definition) is 3. The quantitative estimate of drug-likeness (QED) is 0.907. The summed E-state index contributed by atoms with van der Waals surface area (Å²) < 4.78 is 15.4. The molecule has 0 spiro atoms. The molecule has 5 nitrogen and oxygen atoms in total. The van der Waals surface area contributed by atoms with Crippen molar-refractivity contribution in [2.45, 2.75) is 19.4 Å². The van der Waals surface area contributed by atoms with Crippen LogP contribution in [-0.2, 0) is 4.79 Å². The number of nitrogens with zero attached hydrogens (tertiary/aromatic N) is 2. The maximum Gasteiger partial charge on any atom is 0.219 e. The molecule has 0 saturated heterocycles. The molecule has 0 saturated carbocycles. The predicted octanol–water partition coefficient (Wildman–Crippen LogP) is 1.96. The van der Waals surface area contributed by atoms with E-state index in [1.165, 1.54) is 6.07 Å². The lowest BCUT2D eigenvalue weighted by Gasteiger charge is -2.14. The van der Waals surface area contributed by atoms with Gasteiger partial charge in [-0.05, 0) is 28.9 Å². The number of imidazole rings is 1. The van der Waals surface area contributed by atoms with Gasteiger partial charge in [-0.3, -0.25) is 4.79 Å². The van der Waals surface area contributed by atoms with Gasteiger partial charge < -0.3 is 16.0 Å². The van der Waals surface area contributed by atoms with E-state index in [2.05, 4.69) is 20.9 Å². The first-order chi connectivity index (χ1) is 8.40. The number of primary amides is 1. The van der Waals surface area contributed by atoms with Crippen LogP contribution < -0.4 is 11.5 Å². The third-order valence-corrected chi connectivity index (χ3v) is 3.30. The van der Waals surface area contributed by atoms with E-state index in [0.29, 0.717) is 15.5 Å². The van der Waals surface area contributed by atoms with Gasteiger partial charge in [0, 0.05) is 18.5 Å². The van der Waals surface area contributed by atoms with Crippen LogP contribution >= 0.6 is 15.9 Å². The second-order valence-corrected chi connectivity index (χ2v) is 4.97. The van der Waals surface area contributed by atoms with Gasteiger partial charge in [-0.1, -0.05) is 0 Å². The number of anilines is 1. The Labute approximate surface area is 111 Å². The molecule has 2 rings (SSSR count). The minimum Gasteiger partial charge on any atom is -0.370 e. The molecule has 96 valence electrons. The van der Waals surface area contributed by atoms with Gasteiger partial charge in [-0.15, -0.1) is 0 Å². The third kappa shape index (κ3) is 2.17. The molecule has 0 radical (unpaired) electrons. The topological polar surface area (TPSA) is 86.9 Å². The van der Waals surface area contributed by atoms with Crippen LogP contribution in [0.3, 0.4) is 0 Å². The SMILES string of the molecule is CC(CC(N)=O)n1c(N)nc2cc(F)c(Br)cc21. The lowest BCUT2D eigenvalue weighted by molar-refractivity contribution is -0.118. The summed E-state index contributed by atoms with van der Waals surface area (Å²) in [6.45, 7) is 1.81. The van der Waals surface area contributed by atoms with Crippen LogP contribution in [0.2, 0.25) is 0 Å². The Morgan fingerprint density at radius 1 is 1.61 bits per heavy atom. The van der Waals surface area contributed by atoms with E-state index < -0.39 is 11.7 Å². The molecule has 0 aliphatic heterocycles. The van der Waals surface area contributed by atoms with E-state index >= 15 is 0 Å². The number of fused-ring (bicyclic) bond motifs is 1. The van der Waals surface area contributed by atoms with Crippen LogP contribution in [0.1, 0.15) is 19.4 Å². The minimum absolute atomic E-state index is 0.144. The first-order valence-corrected chi connectivity index (χ1v) is 6.10. The Kier molecular flexibility index (Phi) is 3.25. The van der Waals surface area contributed by atoms with Gasteiger partial charge >= 0.3 is 0 Å². The number of carbonyl (C=O) groups excluding carboxylic acids is 1. The summed E-state index contributed by atoms with van der Waals surface area (Å²) in [5.41, 5.74) is 12.1. The van der Waals surface area contributed by atoms with Crippen LogP contribution in [0, 0.1) is 5.82 Å². The Hall–Kier alpha value is -1.63. The molecule has 18 heavy (non-hydrogen) atoms. The number of nitrogen functional groups attached to an aromatic ring is 1. The normalized spacial score (nSPS) is 12.8. The first kappa shape index (κ1) is 12.8. The fourth-order valence-corrected chi connectivity index (χ4v) is 2.29. The highest BCUT2D eigenvalue weighted by Crippen LogP contribution is 2.28. The highest BCUT2D eigenvalue weighted by atomic mass is 79.9. The van der Waals surface area contributed by atoms with Crippen molar-refractivity contribution in [2.24, 2.45) is 5.73 Å². The predicted molar refractivity (Wildman–Crippen MR) is 70.3 cm³/mol. The van der Waals surface area contributed by atoms with Crippen LogP contribution in [-0.4, -0.2) is 15.5 Å². The number of amides is 1. The second kappa shape index (κ2) is 4.56. The van der Waals surface area contributed by atoms with E-state index in [-0.39, 0.29) is 18.4 Å². The molecule has 0 bridgehead atoms. The van der Waals surface area contributed by atoms with Crippen LogP contribution in [0.5, 0.6) is 0 Å². The average Bonchev–Trinajstić information content (AvgIpc) is 2.53. The summed E-state index contributed by atoms with van der Waals surface area (Å²) in [6, 6.07) is 2.65. The van der Waals surface area contributed by atoms with Gasteiger partial charge in [0.05, 0.1) is 15.5 Å². The summed E-state index contributed by atoms with van der Waals surface area (Å²) in [6.07, 6.45) is 0.144. The fraction of sp³-hybridized carbons (Fsp3) is 0.273. The van der Waals surface area contributed by atoms with Gasteiger partial charge in [-0.25, -0.2) is 9.37 Å². The lowest BCUT2D eigenvalue weighted by Crippen LogP contribution is -2.18. The van der Waals surface area contributed by atoms with Crippen molar-refractivity contribution in [3.8, 4) is 0 Å². The number of halogens is 2. The van der Waals surface area contributed by atoms with Crippen molar-refractivity contribution in [3.63, 3.8) is 0 Å². The summed E-state index contributed by atoms with van der Waals surface area (Å²) in [5, 5.41) is 0. The Morgan fingerprint density at radius 3 is 2.89 bits per heavy atom. The van der Waals surface area contributed by atoms with Gasteiger partial charge in [0.15, 0.2) is 0 Å². The first-order valence-electron chi connectivity index (χ1n) is 5.31. The molecular weight excluding hydrogens is 303 g/mol. The molecule has 1 unspecified atom stereocenters. The van der Waals surface area contributed by atoms with Gasteiger partial charge in [0.2, 0.25) is 11.9 Å². The van der Waals surface area contributed by atoms with Crippen molar-refractivity contribution < 1.29 is 9.18 Å². The molecule has 2 aromatic rings. The number of benzene rings is 1. The Morgan fingerprint density at radius 2 is 2.28 bits per heavy atom. The molecule has 0 aliphatic carbocycles. The molecule has 1 atom stereocenters. The summed E-state index contributed by atoms with van der Waals surface area (Å²) in [4.78, 5) is 15.0. The molecule has 1 heterocycles. The van der Waals surface area contributed by atoms with Crippen LogP contribution in [0.4, 0.5) is 10.3 Å². The fourth-order valence-electron chi connectivity index (χ4n) is 1.95. The third-order valence-electron chi connectivity index (χ3n) is 2.70. The van der Waals surface area contributed by atoms with Crippen molar-refractivity contribution in [3.05, 3.63) is 22.4 Å². The largest absolute Gasteiger partial charge is 0.370 e. The maximum absolute atomic E-state index is 13.4. The molecular formula is C11H12BrFN4O. The molecule has 1 amide bonds. The molecule has 0 aliphatic rings. The summed E-state index contributed by atoms with van der Waals surface area (Å²) in [5.74, 6) is -0.601. The lowest BCUT2D eigenvalue weighted by atomic mass is 10.2. The minimum atomic E-state index is -0.426. The zero-order valence-electron chi connectivity index (χ0n) is 9.65. The van der Waals surface area contributed by atoms with Gasteiger partial charge in [-0.2, -0.15) is 0 Å². The number of nitrogens with two attached hydrogens (primary N) is 2. The summed E-state index contributed by atoms with van der Waals surface area (Å²) >= 11 is 3.11. The molecule has 0 fully saturated rings. The van der Waals surface area contributed by atoms with Gasteiger partial charge in [0.1, 0.15) is 5.82 Å². The molecule has 7 heteroatoms. The summed E-state index contributed by atoms with van der Waals surface area (Å²) in [7, 11) is 0.